The first kappa shape index (κ1) is 16.0. The number of hydrogen-bond donors (Lipinski definition) is 1. The molecule has 0 saturated heterocycles. The SMILES string of the molecule is CCOC(=O)c1cccc(S(=O)(=O)Nc2ccccc2F)c1. The van der Waals surface area contributed by atoms with Gasteiger partial charge in [-0.3, -0.25) is 4.72 Å². The molecule has 0 atom stereocenters. The quantitative estimate of drug-likeness (QED) is 0.859. The molecule has 0 spiro atoms. The molecule has 0 fully saturated rings. The molecule has 0 aliphatic rings. The number of halogens is 1. The van der Waals surface area contributed by atoms with Crippen molar-refractivity contribution >= 4 is 21.7 Å². The number of esters is 1. The Kier molecular flexibility index (Phi) is 4.77. The van der Waals surface area contributed by atoms with Crippen LogP contribution in [0.1, 0.15) is 17.3 Å². The molecule has 1 N–H and O–H groups in total. The van der Waals surface area contributed by atoms with Gasteiger partial charge in [0, 0.05) is 0 Å². The fraction of sp³-hybridized carbons (Fsp3) is 0.133. The van der Waals surface area contributed by atoms with Crippen molar-refractivity contribution in [3.8, 4) is 0 Å². The normalized spacial score (nSPS) is 11.0. The van der Waals surface area contributed by atoms with Crippen LogP contribution in [0.25, 0.3) is 0 Å². The minimum Gasteiger partial charge on any atom is -0.462 e. The molecule has 0 aromatic heterocycles. The molecule has 22 heavy (non-hydrogen) atoms. The van der Waals surface area contributed by atoms with Crippen LogP contribution in [0.15, 0.2) is 53.4 Å². The van der Waals surface area contributed by atoms with Gasteiger partial charge in [-0.2, -0.15) is 0 Å². The molecule has 0 aliphatic carbocycles. The average Bonchev–Trinajstić information content (AvgIpc) is 2.50. The summed E-state index contributed by atoms with van der Waals surface area (Å²) in [5, 5.41) is 0. The Morgan fingerprint density at radius 2 is 1.91 bits per heavy atom. The molecule has 0 aliphatic heterocycles. The number of carbonyl (C=O) groups excluding carboxylic acids is 1. The zero-order chi connectivity index (χ0) is 16.2. The first-order valence-electron chi connectivity index (χ1n) is 6.48. The molecular weight excluding hydrogens is 309 g/mol. The molecule has 0 heterocycles. The molecular formula is C15H14FNO4S. The molecule has 2 aromatic rings. The molecule has 7 heteroatoms. The van der Waals surface area contributed by atoms with E-state index in [1.165, 1.54) is 42.5 Å². The molecule has 0 bridgehead atoms. The lowest BCUT2D eigenvalue weighted by Crippen LogP contribution is -2.15. The second-order valence-corrected chi connectivity index (χ2v) is 6.02. The Hall–Kier alpha value is -2.41. The van der Waals surface area contributed by atoms with E-state index in [1.54, 1.807) is 6.92 Å². The predicted molar refractivity (Wildman–Crippen MR) is 79.6 cm³/mol. The molecule has 0 radical (unpaired) electrons. The largest absolute Gasteiger partial charge is 0.462 e. The second-order valence-electron chi connectivity index (χ2n) is 4.33. The molecule has 5 nitrogen and oxygen atoms in total. The summed E-state index contributed by atoms with van der Waals surface area (Å²) >= 11 is 0. The Labute approximate surface area is 127 Å². The van der Waals surface area contributed by atoms with E-state index in [9.17, 15) is 17.6 Å². The molecule has 0 amide bonds. The highest BCUT2D eigenvalue weighted by Gasteiger charge is 2.18. The van der Waals surface area contributed by atoms with Crippen LogP contribution in [-0.4, -0.2) is 21.0 Å². The van der Waals surface area contributed by atoms with Gasteiger partial charge in [0.2, 0.25) is 0 Å². The van der Waals surface area contributed by atoms with Crippen LogP contribution >= 0.6 is 0 Å². The maximum Gasteiger partial charge on any atom is 0.338 e. The van der Waals surface area contributed by atoms with E-state index < -0.39 is 21.8 Å². The van der Waals surface area contributed by atoms with Crippen LogP contribution in [0.5, 0.6) is 0 Å². The summed E-state index contributed by atoms with van der Waals surface area (Å²) in [6, 6.07) is 10.8. The number of nitrogens with one attached hydrogen (secondary N) is 1. The van der Waals surface area contributed by atoms with Crippen molar-refractivity contribution in [1.29, 1.82) is 0 Å². The Morgan fingerprint density at radius 3 is 2.59 bits per heavy atom. The van der Waals surface area contributed by atoms with Crippen LogP contribution in [0.4, 0.5) is 10.1 Å². The van der Waals surface area contributed by atoms with E-state index in [-0.39, 0.29) is 22.8 Å². The molecule has 116 valence electrons. The Morgan fingerprint density at radius 1 is 1.18 bits per heavy atom. The summed E-state index contributed by atoms with van der Waals surface area (Å²) in [7, 11) is -4.00. The van der Waals surface area contributed by atoms with E-state index >= 15 is 0 Å². The standard InChI is InChI=1S/C15H14FNO4S/c1-2-21-15(18)11-6-5-7-12(10-11)22(19,20)17-14-9-4-3-8-13(14)16/h3-10,17H,2H2,1H3. The van der Waals surface area contributed by atoms with Gasteiger partial charge in [-0.1, -0.05) is 18.2 Å². The van der Waals surface area contributed by atoms with E-state index in [2.05, 4.69) is 4.72 Å². The molecule has 0 unspecified atom stereocenters. The van der Waals surface area contributed by atoms with E-state index in [1.807, 2.05) is 0 Å². The average molecular weight is 323 g/mol. The number of para-hydroxylation sites is 1. The second kappa shape index (κ2) is 6.57. The highest BCUT2D eigenvalue weighted by atomic mass is 32.2. The van der Waals surface area contributed by atoms with Gasteiger partial charge in [0.1, 0.15) is 5.82 Å². The number of anilines is 1. The van der Waals surface area contributed by atoms with E-state index in [4.69, 9.17) is 4.74 Å². The molecule has 2 aromatic carbocycles. The van der Waals surface area contributed by atoms with Crippen molar-refractivity contribution in [2.45, 2.75) is 11.8 Å². The highest BCUT2D eigenvalue weighted by molar-refractivity contribution is 7.92. The number of benzene rings is 2. The van der Waals surface area contributed by atoms with Crippen LogP contribution in [0, 0.1) is 5.82 Å². The number of hydrogen-bond acceptors (Lipinski definition) is 4. The van der Waals surface area contributed by atoms with Crippen molar-refractivity contribution in [2.24, 2.45) is 0 Å². The summed E-state index contributed by atoms with van der Waals surface area (Å²) in [6.45, 7) is 1.83. The third kappa shape index (κ3) is 3.62. The fourth-order valence-electron chi connectivity index (χ4n) is 1.75. The smallest absolute Gasteiger partial charge is 0.338 e. The summed E-state index contributed by atoms with van der Waals surface area (Å²) in [6.07, 6.45) is 0. The number of sulfonamides is 1. The van der Waals surface area contributed by atoms with Gasteiger partial charge in [-0.25, -0.2) is 17.6 Å². The first-order valence-corrected chi connectivity index (χ1v) is 7.97. The topological polar surface area (TPSA) is 72.5 Å². The van der Waals surface area contributed by atoms with Crippen LogP contribution in [0.2, 0.25) is 0 Å². The van der Waals surface area contributed by atoms with Gasteiger partial charge in [0.15, 0.2) is 0 Å². The minimum absolute atomic E-state index is 0.109. The van der Waals surface area contributed by atoms with Crippen LogP contribution < -0.4 is 4.72 Å². The van der Waals surface area contributed by atoms with Gasteiger partial charge < -0.3 is 4.74 Å². The number of rotatable bonds is 5. The molecule has 2 rings (SSSR count). The number of carbonyl (C=O) groups is 1. The summed E-state index contributed by atoms with van der Waals surface area (Å²) in [4.78, 5) is 11.5. The van der Waals surface area contributed by atoms with Gasteiger partial charge >= 0.3 is 5.97 Å². The van der Waals surface area contributed by atoms with E-state index in [0.29, 0.717) is 0 Å². The van der Waals surface area contributed by atoms with Crippen molar-refractivity contribution in [1.82, 2.24) is 0 Å². The minimum atomic E-state index is -4.00. The monoisotopic (exact) mass is 323 g/mol. The summed E-state index contributed by atoms with van der Waals surface area (Å²) < 4.78 is 45.0. The number of ether oxygens (including phenoxy) is 1. The van der Waals surface area contributed by atoms with Crippen molar-refractivity contribution in [2.75, 3.05) is 11.3 Å². The van der Waals surface area contributed by atoms with Gasteiger partial charge in [-0.05, 0) is 37.3 Å². The maximum atomic E-state index is 13.5. The third-order valence-electron chi connectivity index (χ3n) is 2.77. The zero-order valence-electron chi connectivity index (χ0n) is 11.7. The fourth-order valence-corrected chi connectivity index (χ4v) is 2.87. The highest BCUT2D eigenvalue weighted by Crippen LogP contribution is 2.19. The maximum absolute atomic E-state index is 13.5. The third-order valence-corrected chi connectivity index (χ3v) is 4.14. The zero-order valence-corrected chi connectivity index (χ0v) is 12.6. The van der Waals surface area contributed by atoms with Crippen molar-refractivity contribution in [3.05, 3.63) is 59.9 Å². The van der Waals surface area contributed by atoms with E-state index in [0.717, 1.165) is 6.07 Å². The van der Waals surface area contributed by atoms with Crippen molar-refractivity contribution < 1.29 is 22.3 Å². The summed E-state index contributed by atoms with van der Waals surface area (Å²) in [5.41, 5.74) is -0.0534. The molecule has 0 saturated carbocycles. The van der Waals surface area contributed by atoms with Crippen LogP contribution in [0.3, 0.4) is 0 Å². The summed E-state index contributed by atoms with van der Waals surface area (Å²) in [5.74, 6) is -1.31. The lowest BCUT2D eigenvalue weighted by atomic mass is 10.2. The predicted octanol–water partition coefficient (Wildman–Crippen LogP) is 2.80. The van der Waals surface area contributed by atoms with Gasteiger partial charge in [-0.15, -0.1) is 0 Å². The Bertz CT molecular complexity index is 790. The lowest BCUT2D eigenvalue weighted by molar-refractivity contribution is 0.0526. The van der Waals surface area contributed by atoms with Gasteiger partial charge in [0.25, 0.3) is 10.0 Å². The van der Waals surface area contributed by atoms with Crippen LogP contribution in [-0.2, 0) is 14.8 Å². The van der Waals surface area contributed by atoms with Crippen molar-refractivity contribution in [3.63, 3.8) is 0 Å². The van der Waals surface area contributed by atoms with Gasteiger partial charge in [0.05, 0.1) is 22.8 Å². The Balaban J connectivity index is 2.32. The lowest BCUT2D eigenvalue weighted by Gasteiger charge is -2.10. The first-order chi connectivity index (χ1) is 10.4.